The molecule has 0 spiro atoms. The van der Waals surface area contributed by atoms with Crippen LogP contribution in [0, 0.1) is 5.82 Å². The molecule has 0 bridgehead atoms. The van der Waals surface area contributed by atoms with E-state index in [1.54, 1.807) is 6.07 Å². The topological polar surface area (TPSA) is 105 Å². The normalized spacial score (nSPS) is 11.8. The van der Waals surface area contributed by atoms with E-state index in [2.05, 4.69) is 5.32 Å². The Hall–Kier alpha value is -4.61. The van der Waals surface area contributed by atoms with E-state index in [-0.39, 0.29) is 34.9 Å². The molecular weight excluding hydrogens is 657 g/mol. The minimum absolute atomic E-state index is 0.113. The van der Waals surface area contributed by atoms with Gasteiger partial charge in [0.05, 0.1) is 24.8 Å². The molecule has 0 radical (unpaired) electrons. The number of methoxy groups -OCH3 is 2. The lowest BCUT2D eigenvalue weighted by atomic mass is 10.0. The van der Waals surface area contributed by atoms with Gasteiger partial charge in [-0.15, -0.1) is 0 Å². The number of amides is 2. The molecule has 1 unspecified atom stereocenters. The standard InChI is InChI=1S/C36H39ClFN3O6S/c1-4-5-21-39-36(43)32(22-26-11-7-6-8-12-26)40(24-27-13-9-10-14-31(27)38)35(42)25-41(29-17-15-28(37)16-18-29)48(44,45)30-19-20-33(46-2)34(23-30)47-3/h6-20,23,32H,4-5,21-22,24-25H2,1-3H3,(H,39,43). The van der Waals surface area contributed by atoms with Crippen LogP contribution < -0.4 is 19.1 Å². The van der Waals surface area contributed by atoms with Crippen LogP contribution in [0.25, 0.3) is 0 Å². The van der Waals surface area contributed by atoms with Crippen LogP contribution in [0.3, 0.4) is 0 Å². The van der Waals surface area contributed by atoms with Crippen LogP contribution in [0.5, 0.6) is 11.5 Å². The van der Waals surface area contributed by atoms with Crippen LogP contribution in [0.4, 0.5) is 10.1 Å². The highest BCUT2D eigenvalue weighted by atomic mass is 35.5. The Kier molecular flexibility index (Phi) is 12.8. The first-order chi connectivity index (χ1) is 23.1. The van der Waals surface area contributed by atoms with Crippen molar-refractivity contribution in [1.29, 1.82) is 0 Å². The fourth-order valence-corrected chi connectivity index (χ4v) is 6.67. The number of sulfonamides is 1. The molecule has 2 amide bonds. The Balaban J connectivity index is 1.82. The third kappa shape index (κ3) is 9.05. The second-order valence-corrected chi connectivity index (χ2v) is 13.3. The van der Waals surface area contributed by atoms with Gasteiger partial charge in [-0.05, 0) is 54.4 Å². The Morgan fingerprint density at radius 3 is 2.21 bits per heavy atom. The molecule has 0 fully saturated rings. The largest absolute Gasteiger partial charge is 0.493 e. The van der Waals surface area contributed by atoms with Crippen LogP contribution in [-0.4, -0.2) is 58.5 Å². The van der Waals surface area contributed by atoms with Gasteiger partial charge in [0.15, 0.2) is 11.5 Å². The first kappa shape index (κ1) is 36.2. The number of nitrogens with zero attached hydrogens (tertiary/aromatic N) is 2. The number of ether oxygens (including phenoxy) is 2. The van der Waals surface area contributed by atoms with E-state index < -0.39 is 40.2 Å². The van der Waals surface area contributed by atoms with E-state index in [1.807, 2.05) is 37.3 Å². The molecule has 4 aromatic carbocycles. The van der Waals surface area contributed by atoms with Gasteiger partial charge in [0, 0.05) is 36.2 Å². The Bertz CT molecular complexity index is 1790. The van der Waals surface area contributed by atoms with E-state index in [1.165, 1.54) is 79.8 Å². The van der Waals surface area contributed by atoms with Crippen molar-refractivity contribution >= 4 is 39.1 Å². The van der Waals surface area contributed by atoms with E-state index >= 15 is 4.39 Å². The summed E-state index contributed by atoms with van der Waals surface area (Å²) in [5, 5.41) is 3.27. The number of benzene rings is 4. The number of anilines is 1. The van der Waals surface area contributed by atoms with Gasteiger partial charge in [-0.25, -0.2) is 12.8 Å². The van der Waals surface area contributed by atoms with E-state index in [0.717, 1.165) is 22.7 Å². The predicted octanol–water partition coefficient (Wildman–Crippen LogP) is 6.25. The van der Waals surface area contributed by atoms with Gasteiger partial charge in [0.2, 0.25) is 11.8 Å². The molecule has 1 N–H and O–H groups in total. The summed E-state index contributed by atoms with van der Waals surface area (Å²) >= 11 is 6.13. The van der Waals surface area contributed by atoms with Gasteiger partial charge >= 0.3 is 0 Å². The summed E-state index contributed by atoms with van der Waals surface area (Å²) < 4.78 is 55.3. The van der Waals surface area contributed by atoms with Crippen LogP contribution in [0.15, 0.2) is 102 Å². The molecule has 0 saturated carbocycles. The number of halogens is 2. The quantitative estimate of drug-likeness (QED) is 0.139. The van der Waals surface area contributed by atoms with Gasteiger partial charge in [-0.2, -0.15) is 0 Å². The van der Waals surface area contributed by atoms with E-state index in [9.17, 15) is 18.0 Å². The number of unbranched alkanes of at least 4 members (excludes halogenated alkanes) is 1. The zero-order chi connectivity index (χ0) is 34.7. The van der Waals surface area contributed by atoms with Crippen molar-refractivity contribution in [3.8, 4) is 11.5 Å². The fourth-order valence-electron chi connectivity index (χ4n) is 5.11. The Morgan fingerprint density at radius 2 is 1.56 bits per heavy atom. The predicted molar refractivity (Wildman–Crippen MR) is 184 cm³/mol. The van der Waals surface area contributed by atoms with Crippen molar-refractivity contribution < 1.29 is 31.9 Å². The molecule has 0 aliphatic carbocycles. The number of nitrogens with one attached hydrogen (secondary N) is 1. The molecular formula is C36H39ClFN3O6S. The number of carbonyl (C=O) groups is 2. The van der Waals surface area contributed by atoms with E-state index in [4.69, 9.17) is 21.1 Å². The van der Waals surface area contributed by atoms with Crippen molar-refractivity contribution in [1.82, 2.24) is 10.2 Å². The van der Waals surface area contributed by atoms with Crippen molar-refractivity contribution in [2.75, 3.05) is 31.6 Å². The SMILES string of the molecule is CCCCNC(=O)C(Cc1ccccc1)N(Cc1ccccc1F)C(=O)CN(c1ccc(Cl)cc1)S(=O)(=O)c1ccc(OC)c(OC)c1. The maximum atomic E-state index is 15.1. The molecule has 12 heteroatoms. The molecule has 0 aromatic heterocycles. The monoisotopic (exact) mass is 695 g/mol. The van der Waals surface area contributed by atoms with Crippen LogP contribution >= 0.6 is 11.6 Å². The summed E-state index contributed by atoms with van der Waals surface area (Å²) in [5.74, 6) is -1.22. The fraction of sp³-hybridized carbons (Fsp3) is 0.278. The third-order valence-electron chi connectivity index (χ3n) is 7.74. The lowest BCUT2D eigenvalue weighted by Crippen LogP contribution is -2.53. The minimum atomic E-state index is -4.42. The van der Waals surface area contributed by atoms with Crippen LogP contribution in [-0.2, 0) is 32.6 Å². The average molecular weight is 696 g/mol. The summed E-state index contributed by atoms with van der Waals surface area (Å²) in [4.78, 5) is 29.4. The van der Waals surface area contributed by atoms with Crippen LogP contribution in [0.2, 0.25) is 5.02 Å². The van der Waals surface area contributed by atoms with Gasteiger partial charge in [-0.3, -0.25) is 13.9 Å². The van der Waals surface area contributed by atoms with Crippen molar-refractivity contribution in [3.63, 3.8) is 0 Å². The number of rotatable bonds is 16. The lowest BCUT2D eigenvalue weighted by molar-refractivity contribution is -0.140. The first-order valence-electron chi connectivity index (χ1n) is 15.4. The molecule has 0 saturated heterocycles. The molecule has 0 aliphatic rings. The first-order valence-corrected chi connectivity index (χ1v) is 17.3. The lowest BCUT2D eigenvalue weighted by Gasteiger charge is -2.34. The molecule has 0 heterocycles. The summed E-state index contributed by atoms with van der Waals surface area (Å²) in [7, 11) is -1.61. The molecule has 4 aromatic rings. The number of hydrogen-bond donors (Lipinski definition) is 1. The highest BCUT2D eigenvalue weighted by Crippen LogP contribution is 2.33. The highest BCUT2D eigenvalue weighted by molar-refractivity contribution is 7.92. The Labute approximate surface area is 286 Å². The molecule has 0 aliphatic heterocycles. The summed E-state index contributed by atoms with van der Waals surface area (Å²) in [6, 6.07) is 24.1. The second-order valence-electron chi connectivity index (χ2n) is 11.0. The van der Waals surface area contributed by atoms with Gasteiger partial charge in [0.1, 0.15) is 18.4 Å². The van der Waals surface area contributed by atoms with Gasteiger partial charge in [0.25, 0.3) is 10.0 Å². The molecule has 48 heavy (non-hydrogen) atoms. The van der Waals surface area contributed by atoms with Crippen molar-refractivity contribution in [2.45, 2.75) is 43.7 Å². The highest BCUT2D eigenvalue weighted by Gasteiger charge is 2.35. The third-order valence-corrected chi connectivity index (χ3v) is 9.76. The molecule has 254 valence electrons. The average Bonchev–Trinajstić information content (AvgIpc) is 3.09. The second kappa shape index (κ2) is 17.0. The molecule has 4 rings (SSSR count). The van der Waals surface area contributed by atoms with Crippen molar-refractivity contribution in [3.05, 3.63) is 119 Å². The Morgan fingerprint density at radius 1 is 0.896 bits per heavy atom. The van der Waals surface area contributed by atoms with Crippen molar-refractivity contribution in [2.24, 2.45) is 0 Å². The van der Waals surface area contributed by atoms with E-state index in [0.29, 0.717) is 17.3 Å². The summed E-state index contributed by atoms with van der Waals surface area (Å²) in [6.07, 6.45) is 1.67. The maximum Gasteiger partial charge on any atom is 0.264 e. The molecule has 9 nitrogen and oxygen atoms in total. The number of carbonyl (C=O) groups excluding carboxylic acids is 2. The maximum absolute atomic E-state index is 15.1. The van der Waals surface area contributed by atoms with Gasteiger partial charge < -0.3 is 19.7 Å². The zero-order valence-corrected chi connectivity index (χ0v) is 28.6. The van der Waals surface area contributed by atoms with Gasteiger partial charge in [-0.1, -0.05) is 73.5 Å². The zero-order valence-electron chi connectivity index (χ0n) is 27.1. The summed E-state index contributed by atoms with van der Waals surface area (Å²) in [5.41, 5.74) is 1.10. The number of hydrogen-bond acceptors (Lipinski definition) is 6. The van der Waals surface area contributed by atoms with Crippen LogP contribution in [0.1, 0.15) is 30.9 Å². The smallest absolute Gasteiger partial charge is 0.264 e. The summed E-state index contributed by atoms with van der Waals surface area (Å²) in [6.45, 7) is 1.38. The minimum Gasteiger partial charge on any atom is -0.493 e. The molecule has 1 atom stereocenters.